The van der Waals surface area contributed by atoms with Crippen molar-refractivity contribution in [3.05, 3.63) is 64.2 Å². The lowest BCUT2D eigenvalue weighted by molar-refractivity contribution is -0.143. The van der Waals surface area contributed by atoms with Crippen molar-refractivity contribution in [2.45, 2.75) is 63.2 Å². The van der Waals surface area contributed by atoms with Gasteiger partial charge in [-0.15, -0.1) is 0 Å². The predicted molar refractivity (Wildman–Crippen MR) is 116 cm³/mol. The molecule has 3 rings (SSSR count). The van der Waals surface area contributed by atoms with Crippen molar-refractivity contribution >= 4 is 11.8 Å². The van der Waals surface area contributed by atoms with Crippen LogP contribution in [0, 0.1) is 0 Å². The number of hydrogen-bond acceptors (Lipinski definition) is 3. The van der Waals surface area contributed by atoms with Crippen LogP contribution in [-0.4, -0.2) is 18.7 Å². The van der Waals surface area contributed by atoms with E-state index < -0.39 is 64.9 Å². The summed E-state index contributed by atoms with van der Waals surface area (Å²) in [4.78, 5) is 13.8. The third-order valence-electron chi connectivity index (χ3n) is 6.27. The number of halogens is 9. The lowest BCUT2D eigenvalue weighted by atomic mass is 9.77. The van der Waals surface area contributed by atoms with Crippen LogP contribution in [0.1, 0.15) is 66.5 Å². The number of carbonyl (C=O) groups excluding carboxylic acids is 1. The molecule has 0 fully saturated rings. The summed E-state index contributed by atoms with van der Waals surface area (Å²) in [5.74, 6) is -1.14. The van der Waals surface area contributed by atoms with E-state index in [0.29, 0.717) is 12.1 Å². The van der Waals surface area contributed by atoms with Crippen molar-refractivity contribution in [2.24, 2.45) is 5.73 Å². The molecular weight excluding hydrogens is 519 g/mol. The van der Waals surface area contributed by atoms with E-state index in [1.165, 1.54) is 6.92 Å². The molecule has 2 aromatic rings. The average Bonchev–Trinajstić information content (AvgIpc) is 2.80. The van der Waals surface area contributed by atoms with Gasteiger partial charge in [0.1, 0.15) is 0 Å². The first-order chi connectivity index (χ1) is 17.0. The minimum atomic E-state index is -5.13. The highest BCUT2D eigenvalue weighted by Crippen LogP contribution is 2.48. The minimum absolute atomic E-state index is 0.00646. The lowest BCUT2D eigenvalue weighted by Crippen LogP contribution is -2.46. The van der Waals surface area contributed by atoms with Gasteiger partial charge in [0.2, 0.25) is 0 Å². The van der Waals surface area contributed by atoms with Crippen LogP contribution in [0.2, 0.25) is 0 Å². The number of hydrogen-bond donors (Lipinski definition) is 1. The number of carbonyl (C=O) groups is 1. The average molecular weight is 542 g/mol. The van der Waals surface area contributed by atoms with E-state index >= 15 is 0 Å². The number of anilines is 1. The molecule has 2 N–H and O–H groups in total. The van der Waals surface area contributed by atoms with Gasteiger partial charge < -0.3 is 10.5 Å². The number of amides is 1. The summed E-state index contributed by atoms with van der Waals surface area (Å²) in [6.45, 7) is 3.16. The Morgan fingerprint density at radius 1 is 0.919 bits per heavy atom. The summed E-state index contributed by atoms with van der Waals surface area (Å²) in [5.41, 5.74) is 1.24. The summed E-state index contributed by atoms with van der Waals surface area (Å²) in [6, 6.07) is 1.12. The smallest absolute Gasteiger partial charge is 0.416 e. The maximum Gasteiger partial charge on any atom is 0.416 e. The standard InChI is InChI=1S/C24H23F9N2O2/c1-3-16-11-18(20(34)12-7-14(23(28,29)30)9-15(8-12)24(31,32)33)17-10-13(22(25,26)27)5-6-19(17)35(16)21(36)37-4-2/h5-10,16,18,20H,3-4,11,34H2,1-2H3. The molecule has 2 aromatic carbocycles. The third kappa shape index (κ3) is 5.97. The summed E-state index contributed by atoms with van der Waals surface area (Å²) < 4.78 is 126. The molecule has 0 aromatic heterocycles. The molecule has 204 valence electrons. The Kier molecular flexibility index (Phi) is 7.79. The zero-order chi connectivity index (χ0) is 27.9. The van der Waals surface area contributed by atoms with Crippen LogP contribution >= 0.6 is 0 Å². The Bertz CT molecular complexity index is 1110. The second-order valence-electron chi connectivity index (χ2n) is 8.61. The van der Waals surface area contributed by atoms with E-state index in [1.54, 1.807) is 6.92 Å². The SMILES string of the molecule is CCOC(=O)N1c2ccc(C(F)(F)F)cc2C(C(N)c2cc(C(F)(F)F)cc(C(F)(F)F)c2)CC1CC. The second kappa shape index (κ2) is 10.1. The largest absolute Gasteiger partial charge is 0.449 e. The van der Waals surface area contributed by atoms with Gasteiger partial charge in [0.25, 0.3) is 0 Å². The number of alkyl halides is 9. The van der Waals surface area contributed by atoms with Crippen LogP contribution in [0.4, 0.5) is 50.0 Å². The molecule has 3 unspecified atom stereocenters. The maximum absolute atomic E-state index is 13.5. The van der Waals surface area contributed by atoms with Crippen molar-refractivity contribution < 1.29 is 49.0 Å². The molecule has 0 radical (unpaired) electrons. The van der Waals surface area contributed by atoms with Gasteiger partial charge in [0, 0.05) is 18.0 Å². The molecule has 1 aliphatic heterocycles. The fourth-order valence-corrected chi connectivity index (χ4v) is 4.50. The number of benzene rings is 2. The summed E-state index contributed by atoms with van der Waals surface area (Å²) in [5, 5.41) is 0. The normalized spacial score (nSPS) is 19.4. The van der Waals surface area contributed by atoms with E-state index in [0.717, 1.165) is 23.1 Å². The molecule has 0 saturated heterocycles. The molecule has 1 heterocycles. The van der Waals surface area contributed by atoms with Gasteiger partial charge in [-0.05, 0) is 67.3 Å². The molecule has 1 aliphatic rings. The lowest BCUT2D eigenvalue weighted by Gasteiger charge is -2.42. The highest BCUT2D eigenvalue weighted by atomic mass is 19.4. The zero-order valence-corrected chi connectivity index (χ0v) is 19.6. The van der Waals surface area contributed by atoms with E-state index in [2.05, 4.69) is 0 Å². The molecule has 0 aliphatic carbocycles. The third-order valence-corrected chi connectivity index (χ3v) is 6.27. The molecule has 0 spiro atoms. The van der Waals surface area contributed by atoms with Crippen molar-refractivity contribution in [3.8, 4) is 0 Å². The van der Waals surface area contributed by atoms with Gasteiger partial charge in [0.05, 0.1) is 29.0 Å². The van der Waals surface area contributed by atoms with Crippen molar-refractivity contribution in [1.29, 1.82) is 0 Å². The van der Waals surface area contributed by atoms with Crippen LogP contribution in [0.5, 0.6) is 0 Å². The summed E-state index contributed by atoms with van der Waals surface area (Å²) in [7, 11) is 0. The van der Waals surface area contributed by atoms with Crippen LogP contribution in [0.25, 0.3) is 0 Å². The zero-order valence-electron chi connectivity index (χ0n) is 19.6. The quantitative estimate of drug-likeness (QED) is 0.404. The first-order valence-corrected chi connectivity index (χ1v) is 11.2. The molecular formula is C24H23F9N2O2. The number of nitrogens with zero attached hydrogens (tertiary/aromatic N) is 1. The van der Waals surface area contributed by atoms with E-state index in [4.69, 9.17) is 10.5 Å². The molecule has 3 atom stereocenters. The van der Waals surface area contributed by atoms with Gasteiger partial charge >= 0.3 is 24.6 Å². The predicted octanol–water partition coefficient (Wildman–Crippen LogP) is 7.67. The Hall–Kier alpha value is -2.96. The van der Waals surface area contributed by atoms with Crippen molar-refractivity contribution in [3.63, 3.8) is 0 Å². The second-order valence-corrected chi connectivity index (χ2v) is 8.61. The molecule has 4 nitrogen and oxygen atoms in total. The van der Waals surface area contributed by atoms with Crippen LogP contribution in [0.15, 0.2) is 36.4 Å². The highest BCUT2D eigenvalue weighted by molar-refractivity contribution is 5.90. The monoisotopic (exact) mass is 542 g/mol. The van der Waals surface area contributed by atoms with E-state index in [-0.39, 0.29) is 36.8 Å². The molecule has 0 saturated carbocycles. The fourth-order valence-electron chi connectivity index (χ4n) is 4.50. The first kappa shape index (κ1) is 28.6. The topological polar surface area (TPSA) is 55.6 Å². The maximum atomic E-state index is 13.5. The fraction of sp³-hybridized carbons (Fsp3) is 0.458. The van der Waals surface area contributed by atoms with Crippen LogP contribution in [-0.2, 0) is 23.3 Å². The van der Waals surface area contributed by atoms with Crippen molar-refractivity contribution in [2.75, 3.05) is 11.5 Å². The van der Waals surface area contributed by atoms with Gasteiger partial charge in [-0.1, -0.05) is 6.92 Å². The van der Waals surface area contributed by atoms with Gasteiger partial charge in [-0.2, -0.15) is 39.5 Å². The van der Waals surface area contributed by atoms with E-state index in [1.807, 2.05) is 0 Å². The van der Waals surface area contributed by atoms with Gasteiger partial charge in [0.15, 0.2) is 0 Å². The molecule has 13 heteroatoms. The van der Waals surface area contributed by atoms with Crippen molar-refractivity contribution in [1.82, 2.24) is 0 Å². The number of fused-ring (bicyclic) bond motifs is 1. The highest BCUT2D eigenvalue weighted by Gasteiger charge is 2.43. The summed E-state index contributed by atoms with van der Waals surface area (Å²) >= 11 is 0. The number of rotatable bonds is 4. The Balaban J connectivity index is 2.22. The van der Waals surface area contributed by atoms with Crippen LogP contribution < -0.4 is 10.6 Å². The minimum Gasteiger partial charge on any atom is -0.449 e. The number of ether oxygens (including phenoxy) is 1. The number of nitrogens with two attached hydrogens (primary N) is 1. The van der Waals surface area contributed by atoms with Gasteiger partial charge in [-0.25, -0.2) is 4.79 Å². The van der Waals surface area contributed by atoms with Crippen LogP contribution in [0.3, 0.4) is 0 Å². The molecule has 1 amide bonds. The first-order valence-electron chi connectivity index (χ1n) is 11.2. The molecule has 0 bridgehead atoms. The Labute approximate surface area is 206 Å². The molecule has 37 heavy (non-hydrogen) atoms. The Morgan fingerprint density at radius 2 is 1.46 bits per heavy atom. The van der Waals surface area contributed by atoms with E-state index in [9.17, 15) is 44.3 Å². The van der Waals surface area contributed by atoms with Gasteiger partial charge in [-0.3, -0.25) is 4.90 Å². The Morgan fingerprint density at radius 3 is 1.92 bits per heavy atom. The summed E-state index contributed by atoms with van der Waals surface area (Å²) in [6.07, 6.45) is -15.8.